The maximum absolute atomic E-state index is 5.38. The van der Waals surface area contributed by atoms with Gasteiger partial charge in [-0.05, 0) is 18.2 Å². The third-order valence-electron chi connectivity index (χ3n) is 2.84. The number of hydrogen-bond donors (Lipinski definition) is 1. The highest BCUT2D eigenvalue weighted by molar-refractivity contribution is 7.99. The average Bonchev–Trinajstić information content (AvgIpc) is 2.83. The third-order valence-corrected chi connectivity index (χ3v) is 3.96. The normalized spacial score (nSPS) is 10.7. The summed E-state index contributed by atoms with van der Waals surface area (Å²) in [6, 6.07) is 16.4. The van der Waals surface area contributed by atoms with E-state index < -0.39 is 0 Å². The lowest BCUT2D eigenvalue weighted by molar-refractivity contribution is 0.405. The number of aromatic nitrogens is 1. The molecule has 90 valence electrons. The molecule has 1 heterocycles. The molecule has 3 heteroatoms. The Balaban J connectivity index is 2.01. The van der Waals surface area contributed by atoms with Gasteiger partial charge in [0.1, 0.15) is 5.75 Å². The summed E-state index contributed by atoms with van der Waals surface area (Å²) in [6.07, 6.45) is 2.04. The molecule has 0 fully saturated rings. The molecule has 18 heavy (non-hydrogen) atoms. The Morgan fingerprint density at radius 3 is 2.61 bits per heavy atom. The van der Waals surface area contributed by atoms with Crippen LogP contribution in [0.1, 0.15) is 0 Å². The van der Waals surface area contributed by atoms with Crippen molar-refractivity contribution >= 4 is 22.7 Å². The molecule has 0 saturated carbocycles. The van der Waals surface area contributed by atoms with Crippen LogP contribution in [0.5, 0.6) is 5.75 Å². The van der Waals surface area contributed by atoms with Crippen LogP contribution in [0.15, 0.2) is 64.5 Å². The first-order valence-electron chi connectivity index (χ1n) is 5.75. The van der Waals surface area contributed by atoms with Crippen LogP contribution in [0.2, 0.25) is 0 Å². The van der Waals surface area contributed by atoms with Crippen molar-refractivity contribution in [3.8, 4) is 5.75 Å². The summed E-state index contributed by atoms with van der Waals surface area (Å²) < 4.78 is 5.38. The Morgan fingerprint density at radius 2 is 1.72 bits per heavy atom. The molecule has 0 radical (unpaired) electrons. The lowest BCUT2D eigenvalue weighted by Gasteiger charge is -2.06. The van der Waals surface area contributed by atoms with E-state index in [0.29, 0.717) is 0 Å². The monoisotopic (exact) mass is 255 g/mol. The van der Waals surface area contributed by atoms with Gasteiger partial charge >= 0.3 is 0 Å². The van der Waals surface area contributed by atoms with Gasteiger partial charge in [-0.15, -0.1) is 0 Å². The fourth-order valence-electron chi connectivity index (χ4n) is 1.95. The van der Waals surface area contributed by atoms with E-state index in [-0.39, 0.29) is 0 Å². The highest BCUT2D eigenvalue weighted by Crippen LogP contribution is 2.37. The van der Waals surface area contributed by atoms with E-state index in [1.807, 2.05) is 30.5 Å². The molecule has 0 unspecified atom stereocenters. The van der Waals surface area contributed by atoms with E-state index in [2.05, 4.69) is 29.2 Å². The number of H-pyrrole nitrogens is 1. The summed E-state index contributed by atoms with van der Waals surface area (Å²) >= 11 is 1.72. The first-order valence-corrected chi connectivity index (χ1v) is 6.57. The van der Waals surface area contributed by atoms with Crippen LogP contribution < -0.4 is 4.74 Å². The Kier molecular flexibility index (Phi) is 2.99. The summed E-state index contributed by atoms with van der Waals surface area (Å²) in [4.78, 5) is 5.63. The van der Waals surface area contributed by atoms with Crippen LogP contribution >= 0.6 is 11.8 Å². The molecule has 3 aromatic rings. The van der Waals surface area contributed by atoms with Gasteiger partial charge in [-0.1, -0.05) is 42.1 Å². The zero-order chi connectivity index (χ0) is 12.4. The molecule has 3 rings (SSSR count). The van der Waals surface area contributed by atoms with Crippen LogP contribution in [0, 0.1) is 0 Å². The number of fused-ring (bicyclic) bond motifs is 1. The first-order chi connectivity index (χ1) is 8.88. The fraction of sp³-hybridized carbons (Fsp3) is 0.0667. The number of ether oxygens (including phenoxy) is 1. The van der Waals surface area contributed by atoms with Gasteiger partial charge in [-0.25, -0.2) is 0 Å². The molecule has 2 aromatic carbocycles. The van der Waals surface area contributed by atoms with Crippen molar-refractivity contribution < 1.29 is 4.74 Å². The minimum Gasteiger partial charge on any atom is -0.496 e. The second-order valence-electron chi connectivity index (χ2n) is 3.95. The van der Waals surface area contributed by atoms with Crippen molar-refractivity contribution in [2.24, 2.45) is 0 Å². The second kappa shape index (κ2) is 4.78. The summed E-state index contributed by atoms with van der Waals surface area (Å²) in [5.41, 5.74) is 1.16. The van der Waals surface area contributed by atoms with Gasteiger partial charge in [0.2, 0.25) is 0 Å². The third kappa shape index (κ3) is 1.97. The number of hydrogen-bond acceptors (Lipinski definition) is 2. The molecule has 0 amide bonds. The van der Waals surface area contributed by atoms with E-state index in [1.54, 1.807) is 18.9 Å². The minimum atomic E-state index is 0.910. The molecular formula is C15H13NOS. The summed E-state index contributed by atoms with van der Waals surface area (Å²) in [5, 5.41) is 1.24. The van der Waals surface area contributed by atoms with Crippen LogP contribution in [-0.2, 0) is 0 Å². The smallest absolute Gasteiger partial charge is 0.132 e. The van der Waals surface area contributed by atoms with Crippen LogP contribution in [0.25, 0.3) is 10.9 Å². The van der Waals surface area contributed by atoms with E-state index >= 15 is 0 Å². The number of benzene rings is 2. The molecule has 2 nitrogen and oxygen atoms in total. The Morgan fingerprint density at radius 1 is 0.944 bits per heavy atom. The molecule has 0 aliphatic rings. The van der Waals surface area contributed by atoms with Gasteiger partial charge in [0.15, 0.2) is 0 Å². The number of para-hydroxylation sites is 2. The van der Waals surface area contributed by atoms with Crippen molar-refractivity contribution in [2.75, 3.05) is 7.11 Å². The Bertz CT molecular complexity index is 675. The first kappa shape index (κ1) is 11.2. The fourth-order valence-corrected chi connectivity index (χ4v) is 2.99. The largest absolute Gasteiger partial charge is 0.496 e. The highest BCUT2D eigenvalue weighted by Gasteiger charge is 2.08. The van der Waals surface area contributed by atoms with Gasteiger partial charge in [0, 0.05) is 22.0 Å². The molecule has 0 bridgehead atoms. The Labute approximate surface area is 110 Å². The topological polar surface area (TPSA) is 25.0 Å². The average molecular weight is 255 g/mol. The van der Waals surface area contributed by atoms with Gasteiger partial charge in [0.05, 0.1) is 12.0 Å². The van der Waals surface area contributed by atoms with Gasteiger partial charge in [0.25, 0.3) is 0 Å². The van der Waals surface area contributed by atoms with E-state index in [1.165, 1.54) is 10.3 Å². The molecule has 0 spiro atoms. The molecule has 1 N–H and O–H groups in total. The van der Waals surface area contributed by atoms with Crippen molar-refractivity contribution in [2.45, 2.75) is 9.79 Å². The summed E-state index contributed by atoms with van der Waals surface area (Å²) in [7, 11) is 1.70. The molecule has 0 aliphatic heterocycles. The quantitative estimate of drug-likeness (QED) is 0.753. The van der Waals surface area contributed by atoms with Crippen molar-refractivity contribution in [3.63, 3.8) is 0 Å². The molecular weight excluding hydrogens is 242 g/mol. The predicted molar refractivity (Wildman–Crippen MR) is 75.4 cm³/mol. The molecule has 0 saturated heterocycles. The van der Waals surface area contributed by atoms with Crippen molar-refractivity contribution in [1.29, 1.82) is 0 Å². The van der Waals surface area contributed by atoms with E-state index in [4.69, 9.17) is 4.74 Å². The number of methoxy groups -OCH3 is 1. The lowest BCUT2D eigenvalue weighted by atomic mass is 10.2. The molecule has 1 aromatic heterocycles. The standard InChI is InChI=1S/C15H13NOS/c1-17-13-8-4-5-9-14(13)18-15-10-16-12-7-3-2-6-11(12)15/h2-10,16H,1H3. The predicted octanol–water partition coefficient (Wildman–Crippen LogP) is 4.33. The maximum Gasteiger partial charge on any atom is 0.132 e. The van der Waals surface area contributed by atoms with Gasteiger partial charge in [-0.3, -0.25) is 0 Å². The SMILES string of the molecule is COc1ccccc1Sc1c[nH]c2ccccc12. The van der Waals surface area contributed by atoms with Crippen molar-refractivity contribution in [1.82, 2.24) is 4.98 Å². The van der Waals surface area contributed by atoms with Gasteiger partial charge in [-0.2, -0.15) is 0 Å². The zero-order valence-electron chi connectivity index (χ0n) is 10.0. The maximum atomic E-state index is 5.38. The molecule has 0 aliphatic carbocycles. The van der Waals surface area contributed by atoms with E-state index in [0.717, 1.165) is 16.2 Å². The minimum absolute atomic E-state index is 0.910. The summed E-state index contributed by atoms with van der Waals surface area (Å²) in [6.45, 7) is 0. The summed E-state index contributed by atoms with van der Waals surface area (Å²) in [5.74, 6) is 0.910. The Hall–Kier alpha value is -1.87. The number of rotatable bonds is 3. The van der Waals surface area contributed by atoms with Crippen LogP contribution in [-0.4, -0.2) is 12.1 Å². The van der Waals surface area contributed by atoms with Crippen LogP contribution in [0.3, 0.4) is 0 Å². The molecule has 0 atom stereocenters. The lowest BCUT2D eigenvalue weighted by Crippen LogP contribution is -1.84. The second-order valence-corrected chi connectivity index (χ2v) is 5.04. The van der Waals surface area contributed by atoms with Gasteiger partial charge < -0.3 is 9.72 Å². The number of nitrogens with one attached hydrogen (secondary N) is 1. The number of aromatic amines is 1. The zero-order valence-corrected chi connectivity index (χ0v) is 10.8. The highest BCUT2D eigenvalue weighted by atomic mass is 32.2. The van der Waals surface area contributed by atoms with E-state index in [9.17, 15) is 0 Å². The van der Waals surface area contributed by atoms with Crippen LogP contribution in [0.4, 0.5) is 0 Å². The van der Waals surface area contributed by atoms with Crippen molar-refractivity contribution in [3.05, 3.63) is 54.7 Å².